The first kappa shape index (κ1) is 24.3. The van der Waals surface area contributed by atoms with Crippen LogP contribution in [-0.2, 0) is 13.1 Å². The van der Waals surface area contributed by atoms with E-state index in [1.807, 2.05) is 27.7 Å². The predicted octanol–water partition coefficient (Wildman–Crippen LogP) is 6.15. The molecule has 0 aromatic carbocycles. The first-order valence-corrected chi connectivity index (χ1v) is 12.9. The minimum absolute atomic E-state index is 0.0375. The van der Waals surface area contributed by atoms with Crippen molar-refractivity contribution in [2.75, 3.05) is 24.7 Å². The van der Waals surface area contributed by atoms with Gasteiger partial charge in [0.2, 0.25) is 0 Å². The van der Waals surface area contributed by atoms with E-state index in [1.54, 1.807) is 0 Å². The summed E-state index contributed by atoms with van der Waals surface area (Å²) in [6.45, 7) is 8.67. The van der Waals surface area contributed by atoms with Crippen molar-refractivity contribution < 1.29 is 22.7 Å². The van der Waals surface area contributed by atoms with Crippen LogP contribution in [0.25, 0.3) is 0 Å². The van der Waals surface area contributed by atoms with Gasteiger partial charge in [0.25, 0.3) is 8.89 Å². The molecule has 0 aromatic rings. The summed E-state index contributed by atoms with van der Waals surface area (Å²) in [4.78, 5) is 22.7. The Bertz CT molecular complexity index is 299. The fraction of sp³-hybridized carbons (Fsp3) is 0.833. The van der Waals surface area contributed by atoms with Crippen LogP contribution in [-0.4, -0.2) is 45.8 Å². The molecule has 0 saturated heterocycles. The second kappa shape index (κ2) is 16.8. The van der Waals surface area contributed by atoms with Gasteiger partial charge in [0.15, 0.2) is 0 Å². The maximum atomic E-state index is 11.4. The summed E-state index contributed by atoms with van der Waals surface area (Å²) in [5.74, 6) is 1.46. The molecule has 0 aliphatic carbocycles. The lowest BCUT2D eigenvalue weighted by Gasteiger charge is -2.05. The molecule has 0 bridgehead atoms. The lowest BCUT2D eigenvalue weighted by atomic mass is 10.5. The highest BCUT2D eigenvalue weighted by Crippen LogP contribution is 2.30. The van der Waals surface area contributed by atoms with E-state index in [2.05, 4.69) is 0 Å². The van der Waals surface area contributed by atoms with Crippen molar-refractivity contribution >= 4 is 76.2 Å². The second-order valence-corrected chi connectivity index (χ2v) is 11.1. The van der Waals surface area contributed by atoms with Crippen molar-refractivity contribution in [1.29, 1.82) is 0 Å². The van der Waals surface area contributed by atoms with Crippen LogP contribution in [0.3, 0.4) is 0 Å². The highest BCUT2D eigenvalue weighted by Gasteiger charge is 2.08. The van der Waals surface area contributed by atoms with Gasteiger partial charge in [0, 0.05) is 11.5 Å². The van der Waals surface area contributed by atoms with Gasteiger partial charge in [-0.3, -0.25) is 9.59 Å². The zero-order valence-electron chi connectivity index (χ0n) is 13.5. The molecule has 0 aliphatic heterocycles. The Labute approximate surface area is 162 Å². The van der Waals surface area contributed by atoms with Crippen molar-refractivity contribution in [3.8, 4) is 0 Å². The van der Waals surface area contributed by atoms with Crippen LogP contribution >= 0.6 is 67.3 Å². The third-order valence-electron chi connectivity index (χ3n) is 1.49. The molecule has 23 heavy (non-hydrogen) atoms. The van der Waals surface area contributed by atoms with Crippen LogP contribution in [0.1, 0.15) is 27.7 Å². The molecule has 0 amide bonds. The van der Waals surface area contributed by atoms with Crippen LogP contribution in [0.5, 0.6) is 0 Å². The first-order chi connectivity index (χ1) is 10.9. The smallest absolute Gasteiger partial charge is 0.283 e. The zero-order chi connectivity index (χ0) is 17.5. The summed E-state index contributed by atoms with van der Waals surface area (Å²) in [5.41, 5.74) is 0. The van der Waals surface area contributed by atoms with Gasteiger partial charge in [-0.2, -0.15) is 0 Å². The van der Waals surface area contributed by atoms with Crippen molar-refractivity contribution in [2.45, 2.75) is 39.9 Å². The third kappa shape index (κ3) is 19.5. The van der Waals surface area contributed by atoms with E-state index in [1.165, 1.54) is 21.6 Å². The molecule has 0 N–H and O–H groups in total. The van der Waals surface area contributed by atoms with Gasteiger partial charge in [-0.25, -0.2) is 0 Å². The summed E-state index contributed by atoms with van der Waals surface area (Å²) in [6, 6.07) is 0. The van der Waals surface area contributed by atoms with E-state index in [4.69, 9.17) is 13.1 Å². The van der Waals surface area contributed by atoms with Gasteiger partial charge in [0.1, 0.15) is 0 Å². The number of carbonyl (C=O) groups excluding carboxylic acids is 2. The Morgan fingerprint density at radius 3 is 1.52 bits per heavy atom. The normalized spacial score (nSPS) is 11.4. The Kier molecular flexibility index (Phi) is 17.7. The highest BCUT2D eigenvalue weighted by molar-refractivity contribution is 8.86. The standard InChI is InChI=1S/C12H22O5S6/c1-9(2)16-20-11(13)22-18-7-5-15-6-8-19-23-12(14)21-17-10(3)4/h9-10H,5-8H2,1-4H3. The predicted molar refractivity (Wildman–Crippen MR) is 109 cm³/mol. The van der Waals surface area contributed by atoms with Crippen LogP contribution < -0.4 is 0 Å². The molecular formula is C12H22O5S6. The zero-order valence-corrected chi connectivity index (χ0v) is 18.4. The molecule has 0 aromatic heterocycles. The molecule has 0 rings (SSSR count). The molecule has 5 nitrogen and oxygen atoms in total. The molecule has 0 aliphatic rings. The fourth-order valence-corrected chi connectivity index (χ4v) is 5.35. The van der Waals surface area contributed by atoms with Gasteiger partial charge >= 0.3 is 0 Å². The van der Waals surface area contributed by atoms with Gasteiger partial charge in [0.05, 0.1) is 49.5 Å². The third-order valence-corrected chi connectivity index (χ3v) is 8.06. The Morgan fingerprint density at radius 2 is 1.17 bits per heavy atom. The van der Waals surface area contributed by atoms with E-state index in [0.29, 0.717) is 13.2 Å². The highest BCUT2D eigenvalue weighted by atomic mass is 33.1. The van der Waals surface area contributed by atoms with Crippen LogP contribution in [0.2, 0.25) is 0 Å². The Hall–Kier alpha value is 1.32. The maximum Gasteiger partial charge on any atom is 0.283 e. The van der Waals surface area contributed by atoms with E-state index >= 15 is 0 Å². The number of carbonyl (C=O) groups is 2. The molecule has 136 valence electrons. The lowest BCUT2D eigenvalue weighted by Crippen LogP contribution is -2.01. The summed E-state index contributed by atoms with van der Waals surface area (Å²) in [7, 11) is 5.22. The molecule has 0 saturated carbocycles. The molecule has 0 spiro atoms. The molecule has 0 atom stereocenters. The van der Waals surface area contributed by atoms with E-state index < -0.39 is 0 Å². The lowest BCUT2D eigenvalue weighted by molar-refractivity contribution is 0.167. The summed E-state index contributed by atoms with van der Waals surface area (Å²) in [5, 5.41) is 0. The molecule has 0 heterocycles. The average Bonchev–Trinajstić information content (AvgIpc) is 2.49. The second-order valence-electron chi connectivity index (χ2n) is 4.38. The van der Waals surface area contributed by atoms with Gasteiger partial charge < -0.3 is 13.1 Å². The van der Waals surface area contributed by atoms with Crippen molar-refractivity contribution in [2.24, 2.45) is 0 Å². The minimum atomic E-state index is -0.0599. The van der Waals surface area contributed by atoms with Crippen LogP contribution in [0.4, 0.5) is 9.59 Å². The number of hydrogen-bond acceptors (Lipinski definition) is 11. The number of ether oxygens (including phenoxy) is 1. The number of hydrogen-bond donors (Lipinski definition) is 0. The van der Waals surface area contributed by atoms with Crippen LogP contribution in [0.15, 0.2) is 0 Å². The van der Waals surface area contributed by atoms with Crippen molar-refractivity contribution in [1.82, 2.24) is 0 Å². The summed E-state index contributed by atoms with van der Waals surface area (Å²) < 4.78 is 15.6. The first-order valence-electron chi connectivity index (χ1n) is 6.83. The maximum absolute atomic E-state index is 11.4. The van der Waals surface area contributed by atoms with Crippen molar-refractivity contribution in [3.05, 3.63) is 0 Å². The van der Waals surface area contributed by atoms with Crippen LogP contribution in [0, 0.1) is 0 Å². The van der Waals surface area contributed by atoms with Gasteiger partial charge in [-0.05, 0) is 49.3 Å². The van der Waals surface area contributed by atoms with Gasteiger partial charge in [-0.15, -0.1) is 0 Å². The van der Waals surface area contributed by atoms with Crippen molar-refractivity contribution in [3.63, 3.8) is 0 Å². The largest absolute Gasteiger partial charge is 0.380 e. The summed E-state index contributed by atoms with van der Waals surface area (Å²) >= 11 is 1.76. The quantitative estimate of drug-likeness (QED) is 0.200. The summed E-state index contributed by atoms with van der Waals surface area (Å²) in [6.07, 6.45) is 0.0749. The molecule has 0 unspecified atom stereocenters. The minimum Gasteiger partial charge on any atom is -0.380 e. The molecule has 0 radical (unpaired) electrons. The van der Waals surface area contributed by atoms with E-state index in [0.717, 1.165) is 57.2 Å². The molecule has 11 heteroatoms. The average molecular weight is 439 g/mol. The number of rotatable bonds is 12. The van der Waals surface area contributed by atoms with E-state index in [-0.39, 0.29) is 21.1 Å². The SMILES string of the molecule is CC(C)OSC(=O)SSCCOCCSSC(=O)SOC(C)C. The topological polar surface area (TPSA) is 61.8 Å². The fourth-order valence-electron chi connectivity index (χ4n) is 0.766. The van der Waals surface area contributed by atoms with E-state index in [9.17, 15) is 9.59 Å². The Morgan fingerprint density at radius 1 is 0.783 bits per heavy atom. The molecular weight excluding hydrogens is 417 g/mol. The van der Waals surface area contributed by atoms with Gasteiger partial charge in [-0.1, -0.05) is 21.6 Å². The molecule has 0 fully saturated rings. The Balaban J connectivity index is 3.27. The monoisotopic (exact) mass is 438 g/mol.